The first kappa shape index (κ1) is 18.5. The normalized spacial score (nSPS) is 16.3. The molecule has 2 heterocycles. The lowest BCUT2D eigenvalue weighted by molar-refractivity contribution is -0.113. The number of methoxy groups -OCH3 is 1. The molecule has 0 unspecified atom stereocenters. The van der Waals surface area contributed by atoms with E-state index in [4.69, 9.17) is 4.74 Å². The van der Waals surface area contributed by atoms with Crippen LogP contribution in [0.4, 0.5) is 14.6 Å². The van der Waals surface area contributed by atoms with Crippen molar-refractivity contribution in [1.82, 2.24) is 9.78 Å². The molecule has 1 N–H and O–H groups in total. The highest BCUT2D eigenvalue weighted by molar-refractivity contribution is 8.00. The maximum Gasteiger partial charge on any atom is 0.235 e. The number of benzene rings is 2. The zero-order valence-electron chi connectivity index (χ0n) is 15.2. The minimum atomic E-state index is -0.559. The Kier molecular flexibility index (Phi) is 4.80. The van der Waals surface area contributed by atoms with Gasteiger partial charge in [-0.1, -0.05) is 0 Å². The third-order valence-electron chi connectivity index (χ3n) is 4.57. The van der Waals surface area contributed by atoms with Gasteiger partial charge in [-0.15, -0.1) is 11.8 Å². The molecule has 5 nitrogen and oxygen atoms in total. The van der Waals surface area contributed by atoms with Gasteiger partial charge in [0.2, 0.25) is 5.91 Å². The quantitative estimate of drug-likeness (QED) is 0.713. The van der Waals surface area contributed by atoms with Crippen LogP contribution in [0.3, 0.4) is 0 Å². The number of aryl methyl sites for hydroxylation is 1. The average Bonchev–Trinajstić information content (AvgIpc) is 2.90. The Morgan fingerprint density at radius 3 is 2.68 bits per heavy atom. The maximum absolute atomic E-state index is 14.5. The van der Waals surface area contributed by atoms with Crippen molar-refractivity contribution in [3.05, 3.63) is 70.9 Å². The predicted octanol–water partition coefficient (Wildman–Crippen LogP) is 4.24. The van der Waals surface area contributed by atoms with Crippen LogP contribution in [-0.4, -0.2) is 28.6 Å². The number of nitrogens with one attached hydrogen (secondary N) is 1. The predicted molar refractivity (Wildman–Crippen MR) is 104 cm³/mol. The number of rotatable bonds is 3. The van der Waals surface area contributed by atoms with Crippen LogP contribution in [0.5, 0.6) is 5.75 Å². The number of aromatic nitrogens is 2. The standard InChI is InChI=1S/C20H17F2N3O2S/c1-11-18-19(15-9-12(21)3-8-16(15)22)28-10-17(26)23-20(18)25(24-11)13-4-6-14(27-2)7-5-13/h3-9,19H,10H2,1-2H3,(H,23,26)/t19-/m0/s1. The molecule has 1 aromatic heterocycles. The summed E-state index contributed by atoms with van der Waals surface area (Å²) in [4.78, 5) is 12.3. The highest BCUT2D eigenvalue weighted by Crippen LogP contribution is 2.44. The molecular formula is C20H17F2N3O2S. The van der Waals surface area contributed by atoms with E-state index in [1.165, 1.54) is 17.8 Å². The summed E-state index contributed by atoms with van der Waals surface area (Å²) >= 11 is 1.25. The fraction of sp³-hybridized carbons (Fsp3) is 0.200. The molecule has 0 fully saturated rings. The molecule has 0 saturated heterocycles. The average molecular weight is 401 g/mol. The number of amides is 1. The van der Waals surface area contributed by atoms with E-state index < -0.39 is 16.9 Å². The Hall–Kier alpha value is -2.87. The van der Waals surface area contributed by atoms with Crippen LogP contribution in [0.15, 0.2) is 42.5 Å². The number of ether oxygens (including phenoxy) is 1. The highest BCUT2D eigenvalue weighted by atomic mass is 32.2. The molecule has 0 spiro atoms. The van der Waals surface area contributed by atoms with E-state index in [2.05, 4.69) is 10.4 Å². The molecule has 0 bridgehead atoms. The number of hydrogen-bond donors (Lipinski definition) is 1. The van der Waals surface area contributed by atoms with Gasteiger partial charge in [0, 0.05) is 11.1 Å². The molecule has 3 aromatic rings. The molecule has 1 aliphatic heterocycles. The summed E-state index contributed by atoms with van der Waals surface area (Å²) in [5.74, 6) is 0.0137. The number of thioether (sulfide) groups is 1. The third kappa shape index (κ3) is 3.24. The molecular weight excluding hydrogens is 384 g/mol. The molecule has 8 heteroatoms. The van der Waals surface area contributed by atoms with Gasteiger partial charge < -0.3 is 10.1 Å². The number of fused-ring (bicyclic) bond motifs is 1. The minimum Gasteiger partial charge on any atom is -0.497 e. The van der Waals surface area contributed by atoms with Crippen LogP contribution in [0.25, 0.3) is 5.69 Å². The van der Waals surface area contributed by atoms with Crippen LogP contribution in [0.1, 0.15) is 22.1 Å². The fourth-order valence-electron chi connectivity index (χ4n) is 3.26. The Labute approximate surface area is 164 Å². The van der Waals surface area contributed by atoms with E-state index >= 15 is 0 Å². The molecule has 2 aromatic carbocycles. The van der Waals surface area contributed by atoms with Crippen LogP contribution < -0.4 is 10.1 Å². The molecule has 1 amide bonds. The van der Waals surface area contributed by atoms with Crippen LogP contribution in [0, 0.1) is 18.6 Å². The molecule has 4 rings (SSSR count). The topological polar surface area (TPSA) is 56.1 Å². The van der Waals surface area contributed by atoms with Gasteiger partial charge in [0.1, 0.15) is 23.2 Å². The number of hydrogen-bond acceptors (Lipinski definition) is 4. The van der Waals surface area contributed by atoms with E-state index in [0.29, 0.717) is 22.8 Å². The summed E-state index contributed by atoms with van der Waals surface area (Å²) < 4.78 is 35.1. The van der Waals surface area contributed by atoms with Gasteiger partial charge in [0.05, 0.1) is 29.5 Å². The van der Waals surface area contributed by atoms with Crippen molar-refractivity contribution in [3.63, 3.8) is 0 Å². The number of nitrogens with zero attached hydrogens (tertiary/aromatic N) is 2. The number of anilines is 1. The molecule has 144 valence electrons. The molecule has 1 atom stereocenters. The first-order chi connectivity index (χ1) is 13.5. The smallest absolute Gasteiger partial charge is 0.235 e. The second-order valence-electron chi connectivity index (χ2n) is 6.36. The molecule has 0 aliphatic carbocycles. The van der Waals surface area contributed by atoms with E-state index in [-0.39, 0.29) is 17.2 Å². The second kappa shape index (κ2) is 7.27. The minimum absolute atomic E-state index is 0.122. The van der Waals surface area contributed by atoms with Gasteiger partial charge in [-0.2, -0.15) is 5.10 Å². The lowest BCUT2D eigenvalue weighted by atomic mass is 10.0. The van der Waals surface area contributed by atoms with Gasteiger partial charge in [-0.05, 0) is 49.4 Å². The van der Waals surface area contributed by atoms with Crippen molar-refractivity contribution in [2.45, 2.75) is 12.2 Å². The summed E-state index contributed by atoms with van der Waals surface area (Å²) in [6, 6.07) is 10.6. The van der Waals surface area contributed by atoms with E-state index in [0.717, 1.165) is 17.8 Å². The van der Waals surface area contributed by atoms with Gasteiger partial charge in [-0.3, -0.25) is 4.79 Å². The second-order valence-corrected chi connectivity index (χ2v) is 7.46. The SMILES string of the molecule is COc1ccc(-n2nc(C)c3c2NC(=O)CS[C@H]3c2cc(F)ccc2F)cc1. The number of carbonyl (C=O) groups is 1. The number of carbonyl (C=O) groups excluding carboxylic acids is 1. The van der Waals surface area contributed by atoms with Crippen LogP contribution >= 0.6 is 11.8 Å². The van der Waals surface area contributed by atoms with Crippen LogP contribution in [-0.2, 0) is 4.79 Å². The van der Waals surface area contributed by atoms with Gasteiger partial charge in [0.25, 0.3) is 0 Å². The molecule has 0 radical (unpaired) electrons. The summed E-state index contributed by atoms with van der Waals surface area (Å²) in [5, 5.41) is 6.86. The van der Waals surface area contributed by atoms with Crippen LogP contribution in [0.2, 0.25) is 0 Å². The monoisotopic (exact) mass is 401 g/mol. The summed E-state index contributed by atoms with van der Waals surface area (Å²) in [6.45, 7) is 1.79. The van der Waals surface area contributed by atoms with Gasteiger partial charge in [0.15, 0.2) is 0 Å². The van der Waals surface area contributed by atoms with Gasteiger partial charge >= 0.3 is 0 Å². The molecule has 1 aliphatic rings. The van der Waals surface area contributed by atoms with Crippen molar-refractivity contribution in [1.29, 1.82) is 0 Å². The van der Waals surface area contributed by atoms with E-state index in [1.807, 2.05) is 12.1 Å². The molecule has 28 heavy (non-hydrogen) atoms. The lowest BCUT2D eigenvalue weighted by Crippen LogP contribution is -2.15. The molecule has 0 saturated carbocycles. The third-order valence-corrected chi connectivity index (χ3v) is 5.82. The number of halogens is 2. The zero-order valence-corrected chi connectivity index (χ0v) is 16.0. The van der Waals surface area contributed by atoms with Gasteiger partial charge in [-0.25, -0.2) is 13.5 Å². The van der Waals surface area contributed by atoms with Crippen molar-refractivity contribution >= 4 is 23.5 Å². The Morgan fingerprint density at radius 1 is 1.21 bits per heavy atom. The van der Waals surface area contributed by atoms with Crippen molar-refractivity contribution in [2.24, 2.45) is 0 Å². The Bertz CT molecular complexity index is 1050. The first-order valence-corrected chi connectivity index (χ1v) is 9.63. The largest absolute Gasteiger partial charge is 0.497 e. The summed E-state index contributed by atoms with van der Waals surface area (Å²) in [6.07, 6.45) is 0. The van der Waals surface area contributed by atoms with E-state index in [1.54, 1.807) is 30.8 Å². The maximum atomic E-state index is 14.5. The van der Waals surface area contributed by atoms with Crippen molar-refractivity contribution in [3.8, 4) is 11.4 Å². The Morgan fingerprint density at radius 2 is 1.96 bits per heavy atom. The fourth-order valence-corrected chi connectivity index (χ4v) is 4.45. The lowest BCUT2D eigenvalue weighted by Gasteiger charge is -2.16. The first-order valence-electron chi connectivity index (χ1n) is 8.58. The summed E-state index contributed by atoms with van der Waals surface area (Å²) in [7, 11) is 1.58. The van der Waals surface area contributed by atoms with Crippen molar-refractivity contribution < 1.29 is 18.3 Å². The summed E-state index contributed by atoms with van der Waals surface area (Å²) in [5.41, 5.74) is 2.21. The van der Waals surface area contributed by atoms with Crippen molar-refractivity contribution in [2.75, 3.05) is 18.2 Å². The highest BCUT2D eigenvalue weighted by Gasteiger charge is 2.32. The van der Waals surface area contributed by atoms with E-state index in [9.17, 15) is 13.6 Å². The zero-order chi connectivity index (χ0) is 19.8. The Balaban J connectivity index is 1.88.